The summed E-state index contributed by atoms with van der Waals surface area (Å²) < 4.78 is 10.6. The number of hydrogen-bond acceptors (Lipinski definition) is 4. The number of para-hydroxylation sites is 1. The van der Waals surface area contributed by atoms with Gasteiger partial charge in [0.2, 0.25) is 5.91 Å². The number of methoxy groups -OCH3 is 2. The highest BCUT2D eigenvalue weighted by Crippen LogP contribution is 2.50. The van der Waals surface area contributed by atoms with E-state index in [9.17, 15) is 4.79 Å². The Morgan fingerprint density at radius 1 is 1.12 bits per heavy atom. The van der Waals surface area contributed by atoms with E-state index < -0.39 is 5.41 Å². The van der Waals surface area contributed by atoms with Crippen molar-refractivity contribution in [2.24, 2.45) is 0 Å². The van der Waals surface area contributed by atoms with Crippen molar-refractivity contribution in [3.8, 4) is 17.6 Å². The van der Waals surface area contributed by atoms with Crippen LogP contribution < -0.4 is 14.8 Å². The number of rotatable bonds is 5. The predicted molar refractivity (Wildman–Crippen MR) is 90.2 cm³/mol. The Morgan fingerprint density at radius 3 is 2.46 bits per heavy atom. The Kier molecular flexibility index (Phi) is 4.13. The van der Waals surface area contributed by atoms with Gasteiger partial charge in [0.15, 0.2) is 11.5 Å². The number of ether oxygens (including phenoxy) is 2. The van der Waals surface area contributed by atoms with Crippen molar-refractivity contribution in [1.82, 2.24) is 0 Å². The minimum Gasteiger partial charge on any atom is -0.493 e. The van der Waals surface area contributed by atoms with Gasteiger partial charge in [-0.3, -0.25) is 4.79 Å². The zero-order chi connectivity index (χ0) is 17.2. The van der Waals surface area contributed by atoms with Crippen LogP contribution in [0.15, 0.2) is 42.5 Å². The van der Waals surface area contributed by atoms with E-state index in [0.717, 1.165) is 18.4 Å². The van der Waals surface area contributed by atoms with Crippen LogP contribution in [0.1, 0.15) is 24.0 Å². The fourth-order valence-electron chi connectivity index (χ4n) is 2.84. The number of carbonyl (C=O) groups excluding carboxylic acids is 1. The first-order valence-corrected chi connectivity index (χ1v) is 7.67. The molecular weight excluding hydrogens is 304 g/mol. The average molecular weight is 322 g/mol. The van der Waals surface area contributed by atoms with Gasteiger partial charge in [0.25, 0.3) is 0 Å². The lowest BCUT2D eigenvalue weighted by Gasteiger charge is -2.18. The summed E-state index contributed by atoms with van der Waals surface area (Å²) in [5, 5.41) is 12.1. The van der Waals surface area contributed by atoms with Gasteiger partial charge in [-0.25, -0.2) is 0 Å². The van der Waals surface area contributed by atoms with Crippen LogP contribution in [0.25, 0.3) is 0 Å². The van der Waals surface area contributed by atoms with E-state index in [1.54, 1.807) is 38.5 Å². The zero-order valence-corrected chi connectivity index (χ0v) is 13.6. The largest absolute Gasteiger partial charge is 0.493 e. The number of benzene rings is 2. The van der Waals surface area contributed by atoms with Crippen LogP contribution in [0.5, 0.6) is 11.5 Å². The van der Waals surface area contributed by atoms with E-state index in [2.05, 4.69) is 11.4 Å². The first kappa shape index (κ1) is 15.9. The van der Waals surface area contributed by atoms with Crippen LogP contribution in [0, 0.1) is 11.3 Å². The standard InChI is InChI=1S/C19H18N2O3/c1-23-16-8-7-14(11-17(16)24-2)19(9-10-19)18(22)21-15-6-4-3-5-13(15)12-20/h3-8,11H,9-10H2,1-2H3,(H,21,22). The topological polar surface area (TPSA) is 71.3 Å². The molecule has 1 aliphatic carbocycles. The molecule has 1 amide bonds. The Morgan fingerprint density at radius 2 is 1.83 bits per heavy atom. The smallest absolute Gasteiger partial charge is 0.235 e. The molecule has 122 valence electrons. The van der Waals surface area contributed by atoms with Crippen molar-refractivity contribution >= 4 is 11.6 Å². The molecule has 0 radical (unpaired) electrons. The monoisotopic (exact) mass is 322 g/mol. The average Bonchev–Trinajstić information content (AvgIpc) is 3.43. The quantitative estimate of drug-likeness (QED) is 0.917. The maximum Gasteiger partial charge on any atom is 0.235 e. The van der Waals surface area contributed by atoms with Gasteiger partial charge in [-0.05, 0) is 42.7 Å². The van der Waals surface area contributed by atoms with Crippen molar-refractivity contribution < 1.29 is 14.3 Å². The maximum absolute atomic E-state index is 12.8. The molecule has 5 heteroatoms. The minimum atomic E-state index is -0.567. The summed E-state index contributed by atoms with van der Waals surface area (Å²) >= 11 is 0. The van der Waals surface area contributed by atoms with Gasteiger partial charge in [-0.15, -0.1) is 0 Å². The molecular formula is C19H18N2O3. The maximum atomic E-state index is 12.8. The van der Waals surface area contributed by atoms with Gasteiger partial charge < -0.3 is 14.8 Å². The summed E-state index contributed by atoms with van der Waals surface area (Å²) in [6, 6.07) is 14.6. The van der Waals surface area contributed by atoms with Gasteiger partial charge in [-0.1, -0.05) is 18.2 Å². The molecule has 0 spiro atoms. The summed E-state index contributed by atoms with van der Waals surface area (Å²) in [7, 11) is 3.15. The Balaban J connectivity index is 1.89. The predicted octanol–water partition coefficient (Wildman–Crippen LogP) is 3.25. The molecule has 0 atom stereocenters. The second-order valence-electron chi connectivity index (χ2n) is 5.76. The van der Waals surface area contributed by atoms with Crippen molar-refractivity contribution in [3.05, 3.63) is 53.6 Å². The number of carbonyl (C=O) groups is 1. The van der Waals surface area contributed by atoms with E-state index in [4.69, 9.17) is 14.7 Å². The van der Waals surface area contributed by atoms with E-state index in [1.165, 1.54) is 0 Å². The number of hydrogen-bond donors (Lipinski definition) is 1. The van der Waals surface area contributed by atoms with Crippen LogP contribution in [0.3, 0.4) is 0 Å². The number of nitriles is 1. The summed E-state index contributed by atoms with van der Waals surface area (Å²) in [6.07, 6.45) is 1.53. The van der Waals surface area contributed by atoms with Crippen LogP contribution in [-0.4, -0.2) is 20.1 Å². The normalized spacial score (nSPS) is 14.4. The second-order valence-corrected chi connectivity index (χ2v) is 5.76. The summed E-state index contributed by atoms with van der Waals surface area (Å²) in [5.41, 5.74) is 1.32. The zero-order valence-electron chi connectivity index (χ0n) is 13.6. The third-order valence-corrected chi connectivity index (χ3v) is 4.42. The first-order chi connectivity index (χ1) is 11.6. The molecule has 0 bridgehead atoms. The molecule has 24 heavy (non-hydrogen) atoms. The molecule has 2 aromatic carbocycles. The molecule has 0 aliphatic heterocycles. The van der Waals surface area contributed by atoms with Gasteiger partial charge in [0, 0.05) is 0 Å². The molecule has 2 aromatic rings. The lowest BCUT2D eigenvalue weighted by molar-refractivity contribution is -0.118. The van der Waals surface area contributed by atoms with Crippen LogP contribution in [0.4, 0.5) is 5.69 Å². The third-order valence-electron chi connectivity index (χ3n) is 4.42. The molecule has 0 unspecified atom stereocenters. The highest BCUT2D eigenvalue weighted by Gasteiger charge is 2.51. The van der Waals surface area contributed by atoms with Gasteiger partial charge in [0.1, 0.15) is 6.07 Å². The second kappa shape index (κ2) is 6.25. The summed E-state index contributed by atoms with van der Waals surface area (Å²) in [5.74, 6) is 1.14. The van der Waals surface area contributed by atoms with Crippen LogP contribution in [0.2, 0.25) is 0 Å². The van der Waals surface area contributed by atoms with E-state index in [-0.39, 0.29) is 5.91 Å². The molecule has 5 nitrogen and oxygen atoms in total. The first-order valence-electron chi connectivity index (χ1n) is 7.67. The van der Waals surface area contributed by atoms with E-state index in [0.29, 0.717) is 22.7 Å². The van der Waals surface area contributed by atoms with Crippen molar-refractivity contribution in [2.75, 3.05) is 19.5 Å². The van der Waals surface area contributed by atoms with Gasteiger partial charge >= 0.3 is 0 Å². The number of nitrogens with one attached hydrogen (secondary N) is 1. The summed E-state index contributed by atoms with van der Waals surface area (Å²) in [6.45, 7) is 0. The Bertz CT molecular complexity index is 820. The molecule has 0 heterocycles. The summed E-state index contributed by atoms with van der Waals surface area (Å²) in [4.78, 5) is 12.8. The molecule has 1 aliphatic rings. The molecule has 0 saturated heterocycles. The molecule has 1 N–H and O–H groups in total. The lowest BCUT2D eigenvalue weighted by atomic mass is 9.94. The molecule has 0 aromatic heterocycles. The molecule has 3 rings (SSSR count). The van der Waals surface area contributed by atoms with Crippen molar-refractivity contribution in [2.45, 2.75) is 18.3 Å². The van der Waals surface area contributed by atoms with Gasteiger partial charge in [0.05, 0.1) is 30.9 Å². The molecule has 1 saturated carbocycles. The van der Waals surface area contributed by atoms with Gasteiger partial charge in [-0.2, -0.15) is 5.26 Å². The number of amides is 1. The highest BCUT2D eigenvalue weighted by atomic mass is 16.5. The Hall–Kier alpha value is -3.00. The minimum absolute atomic E-state index is 0.0996. The number of anilines is 1. The third kappa shape index (κ3) is 2.67. The fourth-order valence-corrected chi connectivity index (χ4v) is 2.84. The van der Waals surface area contributed by atoms with Crippen molar-refractivity contribution in [3.63, 3.8) is 0 Å². The number of nitrogens with zero attached hydrogens (tertiary/aromatic N) is 1. The van der Waals surface area contributed by atoms with Crippen molar-refractivity contribution in [1.29, 1.82) is 5.26 Å². The van der Waals surface area contributed by atoms with Crippen LogP contribution in [-0.2, 0) is 10.2 Å². The Labute approximate surface area is 140 Å². The highest BCUT2D eigenvalue weighted by molar-refractivity contribution is 6.02. The molecule has 1 fully saturated rings. The van der Waals surface area contributed by atoms with Crippen LogP contribution >= 0.6 is 0 Å². The lowest BCUT2D eigenvalue weighted by Crippen LogP contribution is -2.28. The van der Waals surface area contributed by atoms with E-state index in [1.807, 2.05) is 18.2 Å². The SMILES string of the molecule is COc1ccc(C2(C(=O)Nc3ccccc3C#N)CC2)cc1OC. The van der Waals surface area contributed by atoms with E-state index >= 15 is 0 Å². The fraction of sp³-hybridized carbons (Fsp3) is 0.263.